The maximum Gasteiger partial charge on any atom is 0.471 e. The molecule has 2 unspecified atom stereocenters. The van der Waals surface area contributed by atoms with E-state index in [0.29, 0.717) is 23.4 Å². The fourth-order valence-corrected chi connectivity index (χ4v) is 3.54. The second-order valence-electron chi connectivity index (χ2n) is 8.11. The van der Waals surface area contributed by atoms with E-state index in [4.69, 9.17) is 9.47 Å². The Balaban J connectivity index is 1.72. The number of carbonyl (C=O) groups is 2. The summed E-state index contributed by atoms with van der Waals surface area (Å²) in [6.07, 6.45) is -4.32. The Morgan fingerprint density at radius 2 is 1.76 bits per heavy atom. The fourth-order valence-electron chi connectivity index (χ4n) is 3.54. The van der Waals surface area contributed by atoms with Crippen LogP contribution in [0.3, 0.4) is 0 Å². The molecule has 178 valence electrons. The van der Waals surface area contributed by atoms with Crippen LogP contribution >= 0.6 is 0 Å². The summed E-state index contributed by atoms with van der Waals surface area (Å²) in [5, 5.41) is 5.14. The summed E-state index contributed by atoms with van der Waals surface area (Å²) in [6.45, 7) is 4.85. The van der Waals surface area contributed by atoms with Gasteiger partial charge >= 0.3 is 18.1 Å². The number of esters is 1. The van der Waals surface area contributed by atoms with Gasteiger partial charge < -0.3 is 20.1 Å². The maximum atomic E-state index is 12.7. The van der Waals surface area contributed by atoms with Gasteiger partial charge in [0.05, 0.1) is 11.6 Å². The van der Waals surface area contributed by atoms with E-state index in [2.05, 4.69) is 5.32 Å². The van der Waals surface area contributed by atoms with Crippen LogP contribution in [0.25, 0.3) is 0 Å². The highest BCUT2D eigenvalue weighted by molar-refractivity contribution is 5.89. The topological polar surface area (TPSA) is 76.7 Å². The highest BCUT2D eigenvalue weighted by Gasteiger charge is 2.40. The van der Waals surface area contributed by atoms with Crippen molar-refractivity contribution in [2.75, 3.05) is 13.1 Å². The van der Waals surface area contributed by atoms with E-state index in [0.717, 1.165) is 24.9 Å². The summed E-state index contributed by atoms with van der Waals surface area (Å²) in [5.74, 6) is -2.15. The van der Waals surface area contributed by atoms with Crippen molar-refractivity contribution < 1.29 is 32.2 Å². The van der Waals surface area contributed by atoms with Crippen LogP contribution in [-0.4, -0.2) is 43.3 Å². The van der Waals surface area contributed by atoms with Crippen LogP contribution in [0.1, 0.15) is 47.4 Å². The van der Waals surface area contributed by atoms with Gasteiger partial charge in [-0.3, -0.25) is 4.79 Å². The molecule has 2 aromatic rings. The monoisotopic (exact) mass is 464 g/mol. The smallest absolute Gasteiger partial charge is 0.471 e. The SMILES string of the molecule is Cc1ccc(C(Oc2ccc(C(=O)O[C@H]3CCCNC3)cc2)C(C)NC(=O)C(F)(F)F)cc1. The lowest BCUT2D eigenvalue weighted by Crippen LogP contribution is -2.45. The molecule has 1 amide bonds. The minimum absolute atomic E-state index is 0.175. The molecule has 1 heterocycles. The zero-order valence-electron chi connectivity index (χ0n) is 18.4. The van der Waals surface area contributed by atoms with Crippen molar-refractivity contribution >= 4 is 11.9 Å². The number of hydrogen-bond donors (Lipinski definition) is 2. The van der Waals surface area contributed by atoms with Crippen LogP contribution in [0, 0.1) is 6.92 Å². The van der Waals surface area contributed by atoms with Crippen molar-refractivity contribution in [2.45, 2.75) is 51.1 Å². The number of halogens is 3. The van der Waals surface area contributed by atoms with Crippen LogP contribution in [0.15, 0.2) is 48.5 Å². The van der Waals surface area contributed by atoms with Gasteiger partial charge in [-0.2, -0.15) is 13.2 Å². The number of carbonyl (C=O) groups excluding carboxylic acids is 2. The lowest BCUT2D eigenvalue weighted by Gasteiger charge is -2.27. The first kappa shape index (κ1) is 24.6. The third-order valence-corrected chi connectivity index (χ3v) is 5.35. The molecular weight excluding hydrogens is 437 g/mol. The molecule has 2 aromatic carbocycles. The van der Waals surface area contributed by atoms with E-state index >= 15 is 0 Å². The Morgan fingerprint density at radius 3 is 2.33 bits per heavy atom. The highest BCUT2D eigenvalue weighted by atomic mass is 19.4. The van der Waals surface area contributed by atoms with Crippen molar-refractivity contribution in [3.8, 4) is 5.75 Å². The third kappa shape index (κ3) is 6.95. The van der Waals surface area contributed by atoms with Gasteiger partial charge in [0, 0.05) is 6.54 Å². The molecular formula is C24H27F3N2O4. The minimum Gasteiger partial charge on any atom is -0.484 e. The molecule has 2 N–H and O–H groups in total. The first-order valence-corrected chi connectivity index (χ1v) is 10.8. The second kappa shape index (κ2) is 10.7. The average molecular weight is 464 g/mol. The molecule has 0 saturated carbocycles. The van der Waals surface area contributed by atoms with Gasteiger partial charge in [0.1, 0.15) is 18.0 Å². The van der Waals surface area contributed by atoms with Gasteiger partial charge in [-0.05, 0) is 63.1 Å². The highest BCUT2D eigenvalue weighted by Crippen LogP contribution is 2.27. The van der Waals surface area contributed by atoms with Gasteiger partial charge in [0.15, 0.2) is 0 Å². The molecule has 0 bridgehead atoms. The fraction of sp³-hybridized carbons (Fsp3) is 0.417. The maximum absolute atomic E-state index is 12.7. The van der Waals surface area contributed by atoms with Crippen molar-refractivity contribution in [2.24, 2.45) is 0 Å². The molecule has 0 spiro atoms. The number of aryl methyl sites for hydroxylation is 1. The van der Waals surface area contributed by atoms with E-state index in [-0.39, 0.29) is 6.10 Å². The predicted molar refractivity (Wildman–Crippen MR) is 116 cm³/mol. The molecule has 0 aromatic heterocycles. The molecule has 33 heavy (non-hydrogen) atoms. The number of nitrogens with one attached hydrogen (secondary N) is 2. The zero-order chi connectivity index (χ0) is 24.0. The van der Waals surface area contributed by atoms with E-state index in [1.54, 1.807) is 36.4 Å². The summed E-state index contributed by atoms with van der Waals surface area (Å²) in [7, 11) is 0. The third-order valence-electron chi connectivity index (χ3n) is 5.35. The van der Waals surface area contributed by atoms with Crippen LogP contribution in [0.2, 0.25) is 0 Å². The first-order valence-electron chi connectivity index (χ1n) is 10.8. The molecule has 1 fully saturated rings. The minimum atomic E-state index is -5.00. The van der Waals surface area contributed by atoms with E-state index in [1.165, 1.54) is 6.92 Å². The van der Waals surface area contributed by atoms with Crippen LogP contribution in [0.5, 0.6) is 5.75 Å². The van der Waals surface area contributed by atoms with E-state index < -0.39 is 30.2 Å². The summed E-state index contributed by atoms with van der Waals surface area (Å²) in [5.41, 5.74) is 1.92. The number of amides is 1. The summed E-state index contributed by atoms with van der Waals surface area (Å²) in [6, 6.07) is 12.3. The number of rotatable bonds is 7. The van der Waals surface area contributed by atoms with Crippen LogP contribution in [-0.2, 0) is 9.53 Å². The van der Waals surface area contributed by atoms with Gasteiger partial charge in [-0.25, -0.2) is 4.79 Å². The Labute approximate surface area is 190 Å². The van der Waals surface area contributed by atoms with Crippen molar-refractivity contribution in [3.63, 3.8) is 0 Å². The van der Waals surface area contributed by atoms with Gasteiger partial charge in [0.25, 0.3) is 0 Å². The van der Waals surface area contributed by atoms with E-state index in [9.17, 15) is 22.8 Å². The Morgan fingerprint density at radius 1 is 1.09 bits per heavy atom. The first-order chi connectivity index (χ1) is 15.6. The predicted octanol–water partition coefficient (Wildman–Crippen LogP) is 4.09. The average Bonchev–Trinajstić information content (AvgIpc) is 2.78. The molecule has 6 nitrogen and oxygen atoms in total. The molecule has 1 aliphatic heterocycles. The number of hydrogen-bond acceptors (Lipinski definition) is 5. The second-order valence-corrected chi connectivity index (χ2v) is 8.11. The zero-order valence-corrected chi connectivity index (χ0v) is 18.4. The molecule has 1 saturated heterocycles. The van der Waals surface area contributed by atoms with Gasteiger partial charge in [0.2, 0.25) is 0 Å². The van der Waals surface area contributed by atoms with Gasteiger partial charge in [-0.1, -0.05) is 29.8 Å². The van der Waals surface area contributed by atoms with Crippen molar-refractivity contribution in [1.29, 1.82) is 0 Å². The quantitative estimate of drug-likeness (QED) is 0.604. The molecule has 9 heteroatoms. The molecule has 3 atom stereocenters. The number of ether oxygens (including phenoxy) is 2. The Hall–Kier alpha value is -3.07. The standard InChI is InChI=1S/C24H27F3N2O4/c1-15-5-7-17(8-6-15)21(16(2)29-23(31)24(25,26)27)32-19-11-9-18(10-12-19)22(30)33-20-4-3-13-28-14-20/h5-12,16,20-21,28H,3-4,13-14H2,1-2H3,(H,29,31)/t16?,20-,21?/m0/s1. The Bertz CT molecular complexity index is 940. The van der Waals surface area contributed by atoms with Crippen LogP contribution in [0.4, 0.5) is 13.2 Å². The lowest BCUT2D eigenvalue weighted by molar-refractivity contribution is -0.174. The summed E-state index contributed by atoms with van der Waals surface area (Å²) < 4.78 is 49.7. The van der Waals surface area contributed by atoms with Crippen molar-refractivity contribution in [1.82, 2.24) is 10.6 Å². The number of piperidine rings is 1. The molecule has 0 aliphatic carbocycles. The molecule has 3 rings (SSSR count). The number of alkyl halides is 3. The van der Waals surface area contributed by atoms with Crippen molar-refractivity contribution in [3.05, 3.63) is 65.2 Å². The largest absolute Gasteiger partial charge is 0.484 e. The Kier molecular flexibility index (Phi) is 7.97. The summed E-state index contributed by atoms with van der Waals surface area (Å²) >= 11 is 0. The lowest BCUT2D eigenvalue weighted by atomic mass is 10.0. The van der Waals surface area contributed by atoms with Gasteiger partial charge in [-0.15, -0.1) is 0 Å². The number of benzene rings is 2. The molecule has 0 radical (unpaired) electrons. The van der Waals surface area contributed by atoms with E-state index in [1.807, 2.05) is 24.4 Å². The summed E-state index contributed by atoms with van der Waals surface area (Å²) in [4.78, 5) is 23.8. The van der Waals surface area contributed by atoms with Crippen LogP contribution < -0.4 is 15.4 Å². The molecule has 1 aliphatic rings. The normalized spacial score (nSPS) is 18.2.